The van der Waals surface area contributed by atoms with Gasteiger partial charge in [-0.3, -0.25) is 9.31 Å². The van der Waals surface area contributed by atoms with Crippen LogP contribution in [0.2, 0.25) is 0 Å². The number of aromatic amines is 1. The molecule has 1 heterocycles. The molecule has 0 aliphatic carbocycles. The summed E-state index contributed by atoms with van der Waals surface area (Å²) in [6.45, 7) is 6.15. The highest BCUT2D eigenvalue weighted by Gasteiger charge is 2.09. The molecule has 0 aliphatic heterocycles. The summed E-state index contributed by atoms with van der Waals surface area (Å²) in [7, 11) is -0.962. The van der Waals surface area contributed by atoms with Crippen LogP contribution in [0.15, 0.2) is 28.3 Å². The number of aromatic nitrogens is 3. The molecule has 4 nitrogen and oxygen atoms in total. The molecule has 0 unspecified atom stereocenters. The van der Waals surface area contributed by atoms with E-state index >= 15 is 0 Å². The van der Waals surface area contributed by atoms with Crippen molar-refractivity contribution in [2.45, 2.75) is 43.7 Å². The van der Waals surface area contributed by atoms with Crippen molar-refractivity contribution in [1.29, 1.82) is 0 Å². The maximum absolute atomic E-state index is 12.4. The van der Waals surface area contributed by atoms with Crippen molar-refractivity contribution in [2.75, 3.05) is 11.5 Å². The molecule has 1 aromatic heterocycles. The van der Waals surface area contributed by atoms with E-state index in [0.717, 1.165) is 45.6 Å². The molecule has 1 N–H and O–H groups in total. The summed E-state index contributed by atoms with van der Waals surface area (Å²) in [5, 5.41) is 7.85. The van der Waals surface area contributed by atoms with Gasteiger partial charge >= 0.3 is 0 Å². The van der Waals surface area contributed by atoms with Crippen LogP contribution in [-0.4, -0.2) is 30.9 Å². The first-order chi connectivity index (χ1) is 10.1. The fourth-order valence-corrected chi connectivity index (χ4v) is 4.33. The Hall–Kier alpha value is -1.14. The Balaban J connectivity index is 1.87. The summed E-state index contributed by atoms with van der Waals surface area (Å²) in [5.74, 6) is 2.30. The Labute approximate surface area is 132 Å². The number of thioether (sulfide) groups is 1. The van der Waals surface area contributed by atoms with Crippen molar-refractivity contribution >= 4 is 22.6 Å². The van der Waals surface area contributed by atoms with E-state index in [2.05, 4.69) is 22.1 Å². The van der Waals surface area contributed by atoms with Crippen LogP contribution in [0.4, 0.5) is 0 Å². The minimum absolute atomic E-state index is 0.618. The minimum Gasteiger partial charge on any atom is -0.262 e. The molecule has 0 bridgehead atoms. The Morgan fingerprint density at radius 2 is 2.14 bits per heavy atom. The van der Waals surface area contributed by atoms with E-state index in [1.165, 1.54) is 0 Å². The Kier molecular flexibility index (Phi) is 5.99. The highest BCUT2D eigenvalue weighted by atomic mass is 32.2. The van der Waals surface area contributed by atoms with E-state index in [1.807, 2.05) is 32.0 Å². The van der Waals surface area contributed by atoms with Crippen molar-refractivity contribution in [3.63, 3.8) is 0 Å². The van der Waals surface area contributed by atoms with Crippen molar-refractivity contribution in [1.82, 2.24) is 15.2 Å². The molecule has 0 saturated heterocycles. The Morgan fingerprint density at radius 3 is 2.90 bits per heavy atom. The monoisotopic (exact) mass is 323 g/mol. The van der Waals surface area contributed by atoms with E-state index in [-0.39, 0.29) is 0 Å². The molecule has 0 fully saturated rings. The first-order valence-electron chi connectivity index (χ1n) is 7.10. The molecular weight excluding hydrogens is 302 g/mol. The van der Waals surface area contributed by atoms with E-state index in [0.29, 0.717) is 5.75 Å². The molecule has 6 heteroatoms. The molecule has 0 aliphatic rings. The third-order valence-electron chi connectivity index (χ3n) is 3.09. The lowest BCUT2D eigenvalue weighted by Gasteiger charge is -2.06. The standard InChI is InChI=1S/C15H21N3OS2/c1-4-5-14-16-15(18-17-14)20-8-9-21(19)13-10-11(2)6-7-12(13)3/h6-7,10H,4-5,8-9H2,1-3H3,(H,16,17,18)/t21-/m1/s1. The molecule has 0 saturated carbocycles. The van der Waals surface area contributed by atoms with Crippen molar-refractivity contribution < 1.29 is 4.21 Å². The molecule has 114 valence electrons. The third-order valence-corrected chi connectivity index (χ3v) is 5.70. The van der Waals surface area contributed by atoms with Gasteiger partial charge in [-0.2, -0.15) is 0 Å². The molecule has 0 amide bonds. The third kappa shape index (κ3) is 4.68. The summed E-state index contributed by atoms with van der Waals surface area (Å²) < 4.78 is 12.4. The zero-order valence-electron chi connectivity index (χ0n) is 12.7. The van der Waals surface area contributed by atoms with Crippen LogP contribution < -0.4 is 0 Å². The van der Waals surface area contributed by atoms with Crippen LogP contribution in [0.1, 0.15) is 30.3 Å². The van der Waals surface area contributed by atoms with Crippen LogP contribution in [-0.2, 0) is 17.2 Å². The second kappa shape index (κ2) is 7.75. The highest BCUT2D eigenvalue weighted by molar-refractivity contribution is 8.00. The molecule has 0 spiro atoms. The van der Waals surface area contributed by atoms with Gasteiger partial charge in [0.15, 0.2) is 0 Å². The van der Waals surface area contributed by atoms with Crippen LogP contribution in [0.25, 0.3) is 0 Å². The van der Waals surface area contributed by atoms with Gasteiger partial charge in [-0.15, -0.1) is 5.10 Å². The van der Waals surface area contributed by atoms with Gasteiger partial charge in [0.2, 0.25) is 5.16 Å². The van der Waals surface area contributed by atoms with Crippen LogP contribution >= 0.6 is 11.8 Å². The number of hydrogen-bond donors (Lipinski definition) is 1. The maximum Gasteiger partial charge on any atom is 0.208 e. The van der Waals surface area contributed by atoms with Crippen molar-refractivity contribution in [3.8, 4) is 0 Å². The average Bonchev–Trinajstić information content (AvgIpc) is 2.89. The van der Waals surface area contributed by atoms with Gasteiger partial charge < -0.3 is 0 Å². The summed E-state index contributed by atoms with van der Waals surface area (Å²) in [5.41, 5.74) is 2.24. The van der Waals surface area contributed by atoms with Crippen molar-refractivity contribution in [2.24, 2.45) is 0 Å². The molecule has 21 heavy (non-hydrogen) atoms. The van der Waals surface area contributed by atoms with E-state index in [1.54, 1.807) is 11.8 Å². The predicted molar refractivity (Wildman–Crippen MR) is 88.3 cm³/mol. The number of hydrogen-bond acceptors (Lipinski definition) is 4. The number of nitrogens with one attached hydrogen (secondary N) is 1. The molecule has 2 rings (SSSR count). The molecular formula is C15H21N3OS2. The average molecular weight is 323 g/mol. The topological polar surface area (TPSA) is 58.6 Å². The molecule has 1 aromatic carbocycles. The molecule has 2 aromatic rings. The smallest absolute Gasteiger partial charge is 0.208 e. The minimum atomic E-state index is -0.962. The SMILES string of the molecule is CCCc1nc(SCC[S@@](=O)c2cc(C)ccc2C)n[nH]1. The highest BCUT2D eigenvalue weighted by Crippen LogP contribution is 2.18. The van der Waals surface area contributed by atoms with Gasteiger partial charge in [-0.25, -0.2) is 4.98 Å². The van der Waals surface area contributed by atoms with Gasteiger partial charge in [0, 0.05) is 22.8 Å². The predicted octanol–water partition coefficient (Wildman–Crippen LogP) is 3.27. The lowest BCUT2D eigenvalue weighted by molar-refractivity contribution is 0.683. The first-order valence-corrected chi connectivity index (χ1v) is 9.40. The zero-order chi connectivity index (χ0) is 15.2. The second-order valence-electron chi connectivity index (χ2n) is 4.98. The van der Waals surface area contributed by atoms with Gasteiger partial charge in [-0.05, 0) is 37.5 Å². The Bertz CT molecular complexity index is 625. The number of benzene rings is 1. The first kappa shape index (κ1) is 16.2. The quantitative estimate of drug-likeness (QED) is 0.795. The fraction of sp³-hybridized carbons (Fsp3) is 0.467. The lowest BCUT2D eigenvalue weighted by Crippen LogP contribution is -2.03. The van der Waals surface area contributed by atoms with Crippen molar-refractivity contribution in [3.05, 3.63) is 35.2 Å². The van der Waals surface area contributed by atoms with Gasteiger partial charge in [0.1, 0.15) is 5.82 Å². The number of nitrogens with zero attached hydrogens (tertiary/aromatic N) is 2. The van der Waals surface area contributed by atoms with E-state index in [9.17, 15) is 4.21 Å². The van der Waals surface area contributed by atoms with Gasteiger partial charge in [0.25, 0.3) is 0 Å². The van der Waals surface area contributed by atoms with Gasteiger partial charge in [-0.1, -0.05) is 30.8 Å². The largest absolute Gasteiger partial charge is 0.262 e. The van der Waals surface area contributed by atoms with Crippen LogP contribution in [0.3, 0.4) is 0 Å². The fourth-order valence-electron chi connectivity index (χ4n) is 1.96. The summed E-state index contributed by atoms with van der Waals surface area (Å²) in [6, 6.07) is 6.10. The summed E-state index contributed by atoms with van der Waals surface area (Å²) in [4.78, 5) is 5.34. The lowest BCUT2D eigenvalue weighted by atomic mass is 10.2. The zero-order valence-corrected chi connectivity index (χ0v) is 14.3. The van der Waals surface area contributed by atoms with Crippen LogP contribution in [0, 0.1) is 13.8 Å². The van der Waals surface area contributed by atoms with Gasteiger partial charge in [0.05, 0.1) is 10.8 Å². The second-order valence-corrected chi connectivity index (χ2v) is 7.58. The molecule has 0 radical (unpaired) electrons. The molecule has 1 atom stereocenters. The Morgan fingerprint density at radius 1 is 1.33 bits per heavy atom. The van der Waals surface area contributed by atoms with E-state index in [4.69, 9.17) is 0 Å². The number of rotatable bonds is 7. The number of H-pyrrole nitrogens is 1. The summed E-state index contributed by atoms with van der Waals surface area (Å²) >= 11 is 1.55. The van der Waals surface area contributed by atoms with E-state index < -0.39 is 10.8 Å². The normalized spacial score (nSPS) is 12.5. The summed E-state index contributed by atoms with van der Waals surface area (Å²) in [6.07, 6.45) is 1.97. The van der Waals surface area contributed by atoms with Crippen LogP contribution in [0.5, 0.6) is 0 Å². The number of aryl methyl sites for hydroxylation is 3. The maximum atomic E-state index is 12.4.